The fraction of sp³-hybridized carbons (Fsp3) is 0.636. The molecule has 0 N–H and O–H groups in total. The van der Waals surface area contributed by atoms with E-state index in [1.54, 1.807) is 11.8 Å². The molecular weight excluding hydrogens is 326 g/mol. The lowest BCUT2D eigenvalue weighted by atomic mass is 9.49. The van der Waals surface area contributed by atoms with Crippen molar-refractivity contribution >= 4 is 17.6 Å². The summed E-state index contributed by atoms with van der Waals surface area (Å²) in [5, 5.41) is 0. The lowest BCUT2D eigenvalue weighted by molar-refractivity contribution is -0.178. The maximum absolute atomic E-state index is 13.1. The number of nitrogens with zero attached hydrogens (tertiary/aromatic N) is 1. The van der Waals surface area contributed by atoms with Gasteiger partial charge < -0.3 is 9.64 Å². The van der Waals surface area contributed by atoms with E-state index in [0.717, 1.165) is 31.4 Å². The number of fused-ring (bicyclic) bond motifs is 1. The summed E-state index contributed by atoms with van der Waals surface area (Å²) in [6.45, 7) is 2.42. The number of para-hydroxylation sites is 1. The highest BCUT2D eigenvalue weighted by Gasteiger charge is 2.56. The predicted molar refractivity (Wildman–Crippen MR) is 98.7 cm³/mol. The second kappa shape index (κ2) is 5.83. The van der Waals surface area contributed by atoms with Gasteiger partial charge in [-0.3, -0.25) is 9.59 Å². The summed E-state index contributed by atoms with van der Waals surface area (Å²) < 4.78 is 5.79. The topological polar surface area (TPSA) is 46.6 Å². The van der Waals surface area contributed by atoms with Crippen molar-refractivity contribution in [3.8, 4) is 0 Å². The van der Waals surface area contributed by atoms with Gasteiger partial charge in [-0.1, -0.05) is 18.2 Å². The molecule has 6 rings (SSSR count). The van der Waals surface area contributed by atoms with Crippen molar-refractivity contribution in [1.82, 2.24) is 0 Å². The Morgan fingerprint density at radius 1 is 1.08 bits per heavy atom. The molecule has 4 aliphatic carbocycles. The third kappa shape index (κ3) is 2.49. The van der Waals surface area contributed by atoms with Crippen LogP contribution in [0.3, 0.4) is 0 Å². The maximum Gasteiger partial charge on any atom is 0.312 e. The zero-order valence-electron chi connectivity index (χ0n) is 15.4. The highest BCUT2D eigenvalue weighted by atomic mass is 16.5. The molecule has 1 heterocycles. The summed E-state index contributed by atoms with van der Waals surface area (Å²) >= 11 is 0. The van der Waals surface area contributed by atoms with Crippen molar-refractivity contribution in [3.63, 3.8) is 0 Å². The minimum absolute atomic E-state index is 0.0898. The second-order valence-electron chi connectivity index (χ2n) is 9.11. The van der Waals surface area contributed by atoms with E-state index in [1.165, 1.54) is 24.8 Å². The number of hydrogen-bond acceptors (Lipinski definition) is 3. The summed E-state index contributed by atoms with van der Waals surface area (Å²) in [5.41, 5.74) is 1.86. The van der Waals surface area contributed by atoms with Gasteiger partial charge in [-0.25, -0.2) is 0 Å². The Balaban J connectivity index is 1.29. The molecule has 1 amide bonds. The molecule has 4 bridgehead atoms. The minimum atomic E-state index is -0.707. The molecule has 1 aromatic carbocycles. The second-order valence-corrected chi connectivity index (χ2v) is 9.11. The third-order valence-electron chi connectivity index (χ3n) is 7.26. The van der Waals surface area contributed by atoms with E-state index in [1.807, 2.05) is 18.2 Å². The summed E-state index contributed by atoms with van der Waals surface area (Å²) in [7, 11) is 0. The number of amides is 1. The summed E-state index contributed by atoms with van der Waals surface area (Å²) in [5.74, 6) is 1.90. The standard InChI is InChI=1S/C22H27NO3/c1-14(20(24)23-7-6-18-4-2-3-5-19(18)23)26-21(25)22-11-15-8-16(12-22)10-17(9-15)13-22/h2-5,14-17H,6-13H2,1H3/t14-,15?,16?,17?,22?/m0/s1. The van der Waals surface area contributed by atoms with Crippen LogP contribution >= 0.6 is 0 Å². The molecule has 5 aliphatic rings. The summed E-state index contributed by atoms with van der Waals surface area (Å²) in [6, 6.07) is 8.00. The quantitative estimate of drug-likeness (QED) is 0.778. The van der Waals surface area contributed by atoms with Crippen LogP contribution in [-0.4, -0.2) is 24.5 Å². The van der Waals surface area contributed by atoms with Crippen molar-refractivity contribution in [2.45, 2.75) is 58.0 Å². The monoisotopic (exact) mass is 353 g/mol. The normalized spacial score (nSPS) is 35.3. The first-order valence-electron chi connectivity index (χ1n) is 10.1. The molecule has 0 aromatic heterocycles. The fourth-order valence-corrected chi connectivity index (χ4v) is 6.48. The van der Waals surface area contributed by atoms with Gasteiger partial charge >= 0.3 is 5.97 Å². The molecule has 4 nitrogen and oxygen atoms in total. The minimum Gasteiger partial charge on any atom is -0.452 e. The number of carbonyl (C=O) groups is 2. The zero-order chi connectivity index (χ0) is 17.9. The number of ether oxygens (including phenoxy) is 1. The van der Waals surface area contributed by atoms with Crippen molar-refractivity contribution in [2.24, 2.45) is 23.2 Å². The summed E-state index contributed by atoms with van der Waals surface area (Å²) in [4.78, 5) is 27.8. The van der Waals surface area contributed by atoms with Gasteiger partial charge in [0.25, 0.3) is 5.91 Å². The number of esters is 1. The number of rotatable bonds is 3. The van der Waals surface area contributed by atoms with Crippen molar-refractivity contribution in [3.05, 3.63) is 29.8 Å². The average Bonchev–Trinajstić information content (AvgIpc) is 3.04. The number of benzene rings is 1. The van der Waals surface area contributed by atoms with Gasteiger partial charge in [0.05, 0.1) is 5.41 Å². The van der Waals surface area contributed by atoms with Crippen LogP contribution in [0.1, 0.15) is 51.0 Å². The van der Waals surface area contributed by atoms with Crippen LogP contribution in [0.2, 0.25) is 0 Å². The van der Waals surface area contributed by atoms with Gasteiger partial charge in [0, 0.05) is 12.2 Å². The van der Waals surface area contributed by atoms with Crippen LogP contribution in [0.15, 0.2) is 24.3 Å². The van der Waals surface area contributed by atoms with Crippen LogP contribution in [-0.2, 0) is 20.7 Å². The average molecular weight is 353 g/mol. The Labute approximate surface area is 154 Å². The lowest BCUT2D eigenvalue weighted by Gasteiger charge is -2.55. The van der Waals surface area contributed by atoms with Gasteiger partial charge in [-0.05, 0) is 81.3 Å². The van der Waals surface area contributed by atoms with Crippen molar-refractivity contribution in [2.75, 3.05) is 11.4 Å². The molecule has 1 aromatic rings. The molecule has 138 valence electrons. The van der Waals surface area contributed by atoms with Crippen molar-refractivity contribution < 1.29 is 14.3 Å². The van der Waals surface area contributed by atoms with Gasteiger partial charge in [0.1, 0.15) is 0 Å². The fourth-order valence-electron chi connectivity index (χ4n) is 6.48. The van der Waals surface area contributed by atoms with Gasteiger partial charge in [0.2, 0.25) is 0 Å². The molecule has 0 unspecified atom stereocenters. The lowest BCUT2D eigenvalue weighted by Crippen LogP contribution is -2.52. The Bertz CT molecular complexity index is 720. The molecule has 1 aliphatic heterocycles. The van der Waals surface area contributed by atoms with E-state index in [0.29, 0.717) is 24.3 Å². The first-order chi connectivity index (χ1) is 12.5. The molecule has 0 radical (unpaired) electrons. The van der Waals surface area contributed by atoms with E-state index in [2.05, 4.69) is 6.07 Å². The molecule has 1 atom stereocenters. The van der Waals surface area contributed by atoms with Crippen LogP contribution in [0.5, 0.6) is 0 Å². The highest BCUT2D eigenvalue weighted by Crippen LogP contribution is 2.60. The highest BCUT2D eigenvalue weighted by molar-refractivity contribution is 5.99. The number of hydrogen-bond donors (Lipinski definition) is 0. The third-order valence-corrected chi connectivity index (χ3v) is 7.26. The van der Waals surface area contributed by atoms with Crippen LogP contribution in [0.25, 0.3) is 0 Å². The van der Waals surface area contributed by atoms with Gasteiger partial charge in [0.15, 0.2) is 6.10 Å². The summed E-state index contributed by atoms with van der Waals surface area (Å²) in [6.07, 6.45) is 6.99. The molecule has 26 heavy (non-hydrogen) atoms. The number of carbonyl (C=O) groups excluding carboxylic acids is 2. The van der Waals surface area contributed by atoms with Crippen LogP contribution in [0, 0.1) is 23.2 Å². The molecule has 0 spiro atoms. The molecule has 4 fully saturated rings. The first kappa shape index (κ1) is 16.3. The first-order valence-corrected chi connectivity index (χ1v) is 10.1. The van der Waals surface area contributed by atoms with E-state index in [-0.39, 0.29) is 17.3 Å². The van der Waals surface area contributed by atoms with Gasteiger partial charge in [-0.15, -0.1) is 0 Å². The Morgan fingerprint density at radius 3 is 2.35 bits per heavy atom. The largest absolute Gasteiger partial charge is 0.452 e. The molecule has 4 saturated carbocycles. The Kier molecular flexibility index (Phi) is 3.67. The maximum atomic E-state index is 13.1. The van der Waals surface area contributed by atoms with E-state index < -0.39 is 6.10 Å². The van der Waals surface area contributed by atoms with Crippen molar-refractivity contribution in [1.29, 1.82) is 0 Å². The number of anilines is 1. The Hall–Kier alpha value is -1.84. The Morgan fingerprint density at radius 2 is 1.69 bits per heavy atom. The predicted octanol–water partition coefficient (Wildman–Crippen LogP) is 3.72. The smallest absolute Gasteiger partial charge is 0.312 e. The van der Waals surface area contributed by atoms with E-state index in [9.17, 15) is 9.59 Å². The van der Waals surface area contributed by atoms with Crippen LogP contribution < -0.4 is 4.90 Å². The molecule has 4 heteroatoms. The van der Waals surface area contributed by atoms with Crippen LogP contribution in [0.4, 0.5) is 5.69 Å². The van der Waals surface area contributed by atoms with E-state index in [4.69, 9.17) is 4.74 Å². The SMILES string of the molecule is C[C@H](OC(=O)C12CC3CC(CC(C3)C1)C2)C(=O)N1CCc2ccccc21. The zero-order valence-corrected chi connectivity index (χ0v) is 15.4. The molecule has 0 saturated heterocycles. The molecular formula is C22H27NO3. The van der Waals surface area contributed by atoms with Gasteiger partial charge in [-0.2, -0.15) is 0 Å². The van der Waals surface area contributed by atoms with E-state index >= 15 is 0 Å².